The van der Waals surface area contributed by atoms with E-state index in [0.29, 0.717) is 6.42 Å². The first-order valence-electron chi connectivity index (χ1n) is 5.88. The average Bonchev–Trinajstić information content (AvgIpc) is 2.79. The van der Waals surface area contributed by atoms with Gasteiger partial charge in [0.05, 0.1) is 0 Å². The van der Waals surface area contributed by atoms with Crippen molar-refractivity contribution < 1.29 is 4.79 Å². The molecule has 0 fully saturated rings. The van der Waals surface area contributed by atoms with Crippen molar-refractivity contribution in [3.8, 4) is 0 Å². The molecular formula is C12H21N3O. The topological polar surface area (TPSA) is 48.1 Å². The highest BCUT2D eigenvalue weighted by atomic mass is 16.2. The number of carbonyl (C=O) groups excluding carboxylic acids is 1. The van der Waals surface area contributed by atoms with Crippen molar-refractivity contribution in [1.82, 2.24) is 15.2 Å². The summed E-state index contributed by atoms with van der Waals surface area (Å²) in [6, 6.07) is 2.03. The van der Waals surface area contributed by atoms with Crippen molar-refractivity contribution >= 4 is 5.91 Å². The van der Waals surface area contributed by atoms with Gasteiger partial charge in [0.2, 0.25) is 5.91 Å². The zero-order chi connectivity index (χ0) is 11.8. The summed E-state index contributed by atoms with van der Waals surface area (Å²) in [5, 5.41) is 3.25. The van der Waals surface area contributed by atoms with Gasteiger partial charge >= 0.3 is 0 Å². The van der Waals surface area contributed by atoms with Crippen molar-refractivity contribution in [2.24, 2.45) is 0 Å². The Hall–Kier alpha value is -1.29. The molecule has 2 N–H and O–H groups in total. The van der Waals surface area contributed by atoms with E-state index in [2.05, 4.69) is 10.3 Å². The summed E-state index contributed by atoms with van der Waals surface area (Å²) in [6.07, 6.45) is 4.43. The Morgan fingerprint density at radius 2 is 2.19 bits per heavy atom. The third-order valence-electron chi connectivity index (χ3n) is 2.62. The Bertz CT molecular complexity index is 291. The number of rotatable bonds is 7. The van der Waals surface area contributed by atoms with Crippen molar-refractivity contribution in [1.29, 1.82) is 0 Å². The van der Waals surface area contributed by atoms with E-state index >= 15 is 0 Å². The highest BCUT2D eigenvalue weighted by molar-refractivity contribution is 5.76. The second-order valence-electron chi connectivity index (χ2n) is 3.71. The van der Waals surface area contributed by atoms with E-state index in [1.807, 2.05) is 37.2 Å². The van der Waals surface area contributed by atoms with Gasteiger partial charge in [-0.25, -0.2) is 0 Å². The molecule has 0 atom stereocenters. The van der Waals surface area contributed by atoms with E-state index in [1.165, 1.54) is 5.56 Å². The predicted octanol–water partition coefficient (Wildman–Crippen LogP) is 1.36. The molecule has 0 aliphatic carbocycles. The molecule has 0 saturated carbocycles. The number of carbonyl (C=O) groups is 1. The number of hydrogen-bond acceptors (Lipinski definition) is 2. The maximum Gasteiger partial charge on any atom is 0.223 e. The summed E-state index contributed by atoms with van der Waals surface area (Å²) in [6.45, 7) is 7.17. The lowest BCUT2D eigenvalue weighted by molar-refractivity contribution is -0.130. The van der Waals surface area contributed by atoms with E-state index < -0.39 is 0 Å². The lowest BCUT2D eigenvalue weighted by Gasteiger charge is -2.18. The smallest absolute Gasteiger partial charge is 0.223 e. The Morgan fingerprint density at radius 3 is 2.75 bits per heavy atom. The van der Waals surface area contributed by atoms with Crippen LogP contribution in [0.2, 0.25) is 0 Å². The van der Waals surface area contributed by atoms with Crippen molar-refractivity contribution in [3.63, 3.8) is 0 Å². The summed E-state index contributed by atoms with van der Waals surface area (Å²) in [7, 11) is 0. The summed E-state index contributed by atoms with van der Waals surface area (Å²) in [4.78, 5) is 16.5. The summed E-state index contributed by atoms with van der Waals surface area (Å²) >= 11 is 0. The fourth-order valence-electron chi connectivity index (χ4n) is 1.63. The van der Waals surface area contributed by atoms with Crippen molar-refractivity contribution in [2.45, 2.75) is 26.8 Å². The molecule has 90 valence electrons. The van der Waals surface area contributed by atoms with E-state index in [9.17, 15) is 4.79 Å². The van der Waals surface area contributed by atoms with Crippen LogP contribution in [0.4, 0.5) is 0 Å². The molecular weight excluding hydrogens is 202 g/mol. The highest BCUT2D eigenvalue weighted by Crippen LogP contribution is 1.96. The summed E-state index contributed by atoms with van der Waals surface area (Å²) in [5.74, 6) is 0.228. The lowest BCUT2D eigenvalue weighted by atomic mass is 10.3. The van der Waals surface area contributed by atoms with Crippen molar-refractivity contribution in [2.75, 3.05) is 19.6 Å². The molecule has 0 aliphatic rings. The number of aromatic amines is 1. The van der Waals surface area contributed by atoms with Crippen LogP contribution >= 0.6 is 0 Å². The van der Waals surface area contributed by atoms with Gasteiger partial charge in [0.25, 0.3) is 0 Å². The quantitative estimate of drug-likeness (QED) is 0.686. The van der Waals surface area contributed by atoms with Crippen LogP contribution in [0.5, 0.6) is 0 Å². The molecule has 0 bridgehead atoms. The van der Waals surface area contributed by atoms with Crippen LogP contribution in [0, 0.1) is 0 Å². The van der Waals surface area contributed by atoms with E-state index in [1.54, 1.807) is 0 Å². The van der Waals surface area contributed by atoms with Crippen LogP contribution in [-0.4, -0.2) is 35.4 Å². The first-order chi connectivity index (χ1) is 7.77. The van der Waals surface area contributed by atoms with Gasteiger partial charge in [-0.2, -0.15) is 0 Å². The molecule has 0 saturated heterocycles. The number of nitrogens with zero attached hydrogens (tertiary/aromatic N) is 1. The van der Waals surface area contributed by atoms with Gasteiger partial charge in [0.1, 0.15) is 0 Å². The van der Waals surface area contributed by atoms with Crippen LogP contribution < -0.4 is 5.32 Å². The van der Waals surface area contributed by atoms with Gasteiger partial charge in [-0.1, -0.05) is 0 Å². The minimum atomic E-state index is 0.228. The predicted molar refractivity (Wildman–Crippen MR) is 65.0 cm³/mol. The summed E-state index contributed by atoms with van der Waals surface area (Å²) in [5.41, 5.74) is 1.22. The maximum atomic E-state index is 11.6. The number of H-pyrrole nitrogens is 1. The van der Waals surface area contributed by atoms with Crippen LogP contribution in [-0.2, 0) is 11.3 Å². The number of hydrogen-bond donors (Lipinski definition) is 2. The zero-order valence-corrected chi connectivity index (χ0v) is 10.1. The van der Waals surface area contributed by atoms with Gasteiger partial charge in [-0.3, -0.25) is 4.79 Å². The number of aromatic nitrogens is 1. The second-order valence-corrected chi connectivity index (χ2v) is 3.71. The van der Waals surface area contributed by atoms with Crippen LogP contribution in [0.15, 0.2) is 18.5 Å². The first-order valence-corrected chi connectivity index (χ1v) is 5.88. The third-order valence-corrected chi connectivity index (χ3v) is 2.62. The van der Waals surface area contributed by atoms with Crippen LogP contribution in [0.3, 0.4) is 0 Å². The molecule has 16 heavy (non-hydrogen) atoms. The maximum absolute atomic E-state index is 11.6. The molecule has 0 aliphatic heterocycles. The fourth-order valence-corrected chi connectivity index (χ4v) is 1.63. The van der Waals surface area contributed by atoms with Gasteiger partial charge in [0, 0.05) is 45.0 Å². The van der Waals surface area contributed by atoms with Crippen molar-refractivity contribution in [3.05, 3.63) is 24.0 Å². The van der Waals surface area contributed by atoms with Gasteiger partial charge in [-0.15, -0.1) is 0 Å². The zero-order valence-electron chi connectivity index (χ0n) is 10.1. The Balaban J connectivity index is 2.13. The van der Waals surface area contributed by atoms with E-state index in [-0.39, 0.29) is 5.91 Å². The molecule has 1 heterocycles. The van der Waals surface area contributed by atoms with Crippen LogP contribution in [0.25, 0.3) is 0 Å². The fraction of sp³-hybridized carbons (Fsp3) is 0.583. The minimum absolute atomic E-state index is 0.228. The average molecular weight is 223 g/mol. The molecule has 4 nitrogen and oxygen atoms in total. The van der Waals surface area contributed by atoms with E-state index in [0.717, 1.165) is 26.2 Å². The second kappa shape index (κ2) is 7.06. The molecule has 0 spiro atoms. The molecule has 1 aromatic heterocycles. The SMILES string of the molecule is CCN(CC)C(=O)CCNCc1cc[nH]c1. The molecule has 0 unspecified atom stereocenters. The lowest BCUT2D eigenvalue weighted by Crippen LogP contribution is -2.32. The molecule has 1 aromatic rings. The molecule has 0 aromatic carbocycles. The van der Waals surface area contributed by atoms with Gasteiger partial charge in [-0.05, 0) is 25.5 Å². The first kappa shape index (κ1) is 12.8. The number of amides is 1. The third kappa shape index (κ3) is 4.06. The van der Waals surface area contributed by atoms with E-state index in [4.69, 9.17) is 0 Å². The Labute approximate surface area is 97.0 Å². The standard InChI is InChI=1S/C12H21N3O/c1-3-15(4-2)12(16)6-8-14-10-11-5-7-13-9-11/h5,7,9,13-14H,3-4,6,8,10H2,1-2H3. The highest BCUT2D eigenvalue weighted by Gasteiger charge is 2.07. The Morgan fingerprint density at radius 1 is 1.44 bits per heavy atom. The number of nitrogens with one attached hydrogen (secondary N) is 2. The Kier molecular flexibility index (Phi) is 5.64. The molecule has 4 heteroatoms. The largest absolute Gasteiger partial charge is 0.367 e. The normalized spacial score (nSPS) is 10.4. The summed E-state index contributed by atoms with van der Waals surface area (Å²) < 4.78 is 0. The van der Waals surface area contributed by atoms with Gasteiger partial charge < -0.3 is 15.2 Å². The molecule has 1 rings (SSSR count). The van der Waals surface area contributed by atoms with Gasteiger partial charge in [0.15, 0.2) is 0 Å². The monoisotopic (exact) mass is 223 g/mol. The van der Waals surface area contributed by atoms with Crippen LogP contribution in [0.1, 0.15) is 25.8 Å². The minimum Gasteiger partial charge on any atom is -0.367 e. The molecule has 1 amide bonds. The molecule has 0 radical (unpaired) electrons.